The third kappa shape index (κ3) is 4.52. The Morgan fingerprint density at radius 2 is 1.79 bits per heavy atom. The van der Waals surface area contributed by atoms with Crippen LogP contribution in [0.3, 0.4) is 0 Å². The molecule has 0 atom stereocenters. The fourth-order valence-electron chi connectivity index (χ4n) is 3.35. The number of urea groups is 1. The maximum Gasteiger partial charge on any atom is 0.332 e. The number of nitrogens with zero attached hydrogens (tertiary/aromatic N) is 1. The highest BCUT2D eigenvalue weighted by molar-refractivity contribution is 6.44. The number of nitrogens with one attached hydrogen (secondary N) is 2. The normalized spacial score (nSPS) is 16.4. The van der Waals surface area contributed by atoms with Crippen molar-refractivity contribution >= 4 is 58.1 Å². The van der Waals surface area contributed by atoms with E-state index >= 15 is 0 Å². The lowest BCUT2D eigenvalue weighted by Crippen LogP contribution is -2.31. The largest absolute Gasteiger partial charge is 0.455 e. The van der Waals surface area contributed by atoms with Gasteiger partial charge in [-0.15, -0.1) is 0 Å². The van der Waals surface area contributed by atoms with Crippen LogP contribution in [0.5, 0.6) is 0 Å². The lowest BCUT2D eigenvalue weighted by Gasteiger charge is -2.29. The lowest BCUT2D eigenvalue weighted by atomic mass is 9.75. The van der Waals surface area contributed by atoms with Gasteiger partial charge in [-0.05, 0) is 30.9 Å². The smallest absolute Gasteiger partial charge is 0.332 e. The van der Waals surface area contributed by atoms with Gasteiger partial charge in [0.2, 0.25) is 0 Å². The van der Waals surface area contributed by atoms with E-state index in [2.05, 4.69) is 15.8 Å². The van der Waals surface area contributed by atoms with Crippen molar-refractivity contribution in [1.29, 1.82) is 0 Å². The van der Waals surface area contributed by atoms with Crippen LogP contribution in [-0.2, 0) is 6.42 Å². The van der Waals surface area contributed by atoms with E-state index in [1.165, 1.54) is 12.1 Å². The summed E-state index contributed by atoms with van der Waals surface area (Å²) in [5.74, 6) is 0.257. The van der Waals surface area contributed by atoms with Crippen LogP contribution in [0.25, 0.3) is 0 Å². The second-order valence-electron chi connectivity index (χ2n) is 7.61. The number of hydrogen-bond donors (Lipinski definition) is 3. The minimum absolute atomic E-state index is 0.126. The van der Waals surface area contributed by atoms with Gasteiger partial charge in [-0.25, -0.2) is 10.2 Å². The summed E-state index contributed by atoms with van der Waals surface area (Å²) < 4.78 is 5.90. The van der Waals surface area contributed by atoms with Gasteiger partial charge in [0.15, 0.2) is 5.76 Å². The van der Waals surface area contributed by atoms with E-state index in [9.17, 15) is 9.59 Å². The van der Waals surface area contributed by atoms with Crippen molar-refractivity contribution in [3.63, 3.8) is 0 Å². The van der Waals surface area contributed by atoms with Gasteiger partial charge in [-0.1, -0.05) is 48.7 Å². The van der Waals surface area contributed by atoms with Crippen molar-refractivity contribution in [3.05, 3.63) is 49.8 Å². The molecule has 7 nitrogen and oxygen atoms in total. The highest BCUT2D eigenvalue weighted by atomic mass is 35.5. The Hall–Kier alpha value is -2.22. The lowest BCUT2D eigenvalue weighted by molar-refractivity contribution is 0.0993. The number of hydrazone groups is 1. The molecule has 0 saturated carbocycles. The Balaban J connectivity index is 1.98. The van der Waals surface area contributed by atoms with E-state index in [1.54, 1.807) is 6.92 Å². The van der Waals surface area contributed by atoms with Crippen LogP contribution in [0.4, 0.5) is 10.5 Å². The average Bonchev–Trinajstić information content (AvgIpc) is 2.92. The fraction of sp³-hybridized carbons (Fsp3) is 0.316. The molecule has 0 unspecified atom stereocenters. The van der Waals surface area contributed by atoms with Gasteiger partial charge in [0.05, 0.1) is 26.5 Å². The molecule has 1 heterocycles. The molecule has 3 rings (SSSR count). The maximum atomic E-state index is 12.9. The fourth-order valence-corrected chi connectivity index (χ4v) is 3.94. The zero-order chi connectivity index (χ0) is 21.5. The SMILES string of the molecule is Cc1c(C(=O)Nc2cc(Cl)c(Cl)cc2Cl)oc2c1/C(=N\NC(N)=O)CC(C)(C)C2. The summed E-state index contributed by atoms with van der Waals surface area (Å²) >= 11 is 18.1. The number of rotatable bonds is 3. The van der Waals surface area contributed by atoms with E-state index in [0.717, 1.165) is 0 Å². The Bertz CT molecular complexity index is 1040. The molecule has 0 radical (unpaired) electrons. The van der Waals surface area contributed by atoms with Crippen molar-refractivity contribution in [2.24, 2.45) is 16.3 Å². The first kappa shape index (κ1) is 21.5. The van der Waals surface area contributed by atoms with Crippen LogP contribution in [0.15, 0.2) is 21.7 Å². The van der Waals surface area contributed by atoms with Gasteiger partial charge in [0.1, 0.15) is 5.76 Å². The number of amides is 3. The summed E-state index contributed by atoms with van der Waals surface area (Å²) in [6, 6.07) is 2.15. The molecule has 0 saturated heterocycles. The number of nitrogens with two attached hydrogens (primary N) is 1. The van der Waals surface area contributed by atoms with Crippen molar-refractivity contribution in [3.8, 4) is 0 Å². The van der Waals surface area contributed by atoms with Crippen LogP contribution in [0.1, 0.15) is 47.7 Å². The number of carbonyl (C=O) groups is 2. The van der Waals surface area contributed by atoms with E-state index in [0.29, 0.717) is 41.1 Å². The predicted octanol–water partition coefficient (Wildman–Crippen LogP) is 5.15. The van der Waals surface area contributed by atoms with Crippen LogP contribution < -0.4 is 16.5 Å². The van der Waals surface area contributed by atoms with E-state index in [4.69, 9.17) is 45.0 Å². The molecule has 3 amide bonds. The molecule has 2 aromatic rings. The minimum Gasteiger partial charge on any atom is -0.455 e. The van der Waals surface area contributed by atoms with Crippen LogP contribution >= 0.6 is 34.8 Å². The standard InChI is InChI=1S/C19H19Cl3N4O3/c1-8-15-13(25-26-18(23)28)6-19(2,3)7-14(15)29-16(8)17(27)24-12-5-10(21)9(20)4-11(12)22/h4-5H,6-7H2,1-3H3,(H,24,27)(H3,23,26,28)/b25-13-. The second kappa shape index (κ2) is 7.89. The number of anilines is 1. The topological polar surface area (TPSA) is 110 Å². The van der Waals surface area contributed by atoms with Gasteiger partial charge < -0.3 is 15.5 Å². The molecule has 0 bridgehead atoms. The zero-order valence-electron chi connectivity index (χ0n) is 16.0. The number of primary amides is 1. The molecule has 1 aromatic heterocycles. The van der Waals surface area contributed by atoms with E-state index < -0.39 is 11.9 Å². The van der Waals surface area contributed by atoms with Gasteiger partial charge in [0.25, 0.3) is 5.91 Å². The third-order valence-electron chi connectivity index (χ3n) is 4.56. The number of benzene rings is 1. The first-order chi connectivity index (χ1) is 13.5. The molecule has 10 heteroatoms. The van der Waals surface area contributed by atoms with Gasteiger partial charge in [-0.2, -0.15) is 5.10 Å². The highest BCUT2D eigenvalue weighted by Gasteiger charge is 2.36. The Kier molecular flexibility index (Phi) is 5.85. The van der Waals surface area contributed by atoms with Crippen molar-refractivity contribution in [2.75, 3.05) is 5.32 Å². The molecule has 1 aliphatic carbocycles. The first-order valence-corrected chi connectivity index (χ1v) is 9.82. The van der Waals surface area contributed by atoms with Crippen LogP contribution in [0.2, 0.25) is 15.1 Å². The van der Waals surface area contributed by atoms with Crippen molar-refractivity contribution < 1.29 is 14.0 Å². The van der Waals surface area contributed by atoms with Crippen molar-refractivity contribution in [1.82, 2.24) is 5.43 Å². The predicted molar refractivity (Wildman–Crippen MR) is 114 cm³/mol. The summed E-state index contributed by atoms with van der Waals surface area (Å²) in [5, 5.41) is 7.60. The second-order valence-corrected chi connectivity index (χ2v) is 8.83. The molecule has 0 spiro atoms. The molecule has 154 valence electrons. The number of halogens is 3. The van der Waals surface area contributed by atoms with Gasteiger partial charge in [0, 0.05) is 17.5 Å². The molecular weight excluding hydrogens is 439 g/mol. The first-order valence-electron chi connectivity index (χ1n) is 8.69. The summed E-state index contributed by atoms with van der Waals surface area (Å²) in [5.41, 5.74) is 9.44. The minimum atomic E-state index is -0.768. The summed E-state index contributed by atoms with van der Waals surface area (Å²) in [7, 11) is 0. The molecule has 0 fully saturated rings. The summed E-state index contributed by atoms with van der Waals surface area (Å²) in [4.78, 5) is 24.0. The summed E-state index contributed by atoms with van der Waals surface area (Å²) in [6.45, 7) is 5.84. The Morgan fingerprint density at radius 3 is 2.45 bits per heavy atom. The maximum absolute atomic E-state index is 12.9. The third-order valence-corrected chi connectivity index (χ3v) is 5.59. The van der Waals surface area contributed by atoms with Crippen LogP contribution in [0, 0.1) is 12.3 Å². The average molecular weight is 458 g/mol. The summed E-state index contributed by atoms with van der Waals surface area (Å²) in [6.07, 6.45) is 1.19. The van der Waals surface area contributed by atoms with Crippen molar-refractivity contribution in [2.45, 2.75) is 33.6 Å². The molecule has 4 N–H and O–H groups in total. The number of hydrogen-bond acceptors (Lipinski definition) is 4. The molecular formula is C19H19Cl3N4O3. The van der Waals surface area contributed by atoms with Gasteiger partial charge >= 0.3 is 6.03 Å². The monoisotopic (exact) mass is 456 g/mol. The van der Waals surface area contributed by atoms with E-state index in [1.807, 2.05) is 13.8 Å². The molecule has 0 aliphatic heterocycles. The van der Waals surface area contributed by atoms with Crippen LogP contribution in [-0.4, -0.2) is 17.6 Å². The zero-order valence-corrected chi connectivity index (χ0v) is 18.2. The highest BCUT2D eigenvalue weighted by Crippen LogP contribution is 2.39. The Morgan fingerprint density at radius 1 is 1.14 bits per heavy atom. The number of fused-ring (bicyclic) bond motifs is 1. The van der Waals surface area contributed by atoms with E-state index in [-0.39, 0.29) is 26.2 Å². The molecule has 1 aliphatic rings. The Labute approximate surface area is 182 Å². The molecule has 1 aromatic carbocycles. The quantitative estimate of drug-likeness (QED) is 0.438. The number of carbonyl (C=O) groups excluding carboxylic acids is 2. The number of furan rings is 1. The van der Waals surface area contributed by atoms with Gasteiger partial charge in [-0.3, -0.25) is 4.79 Å². The molecule has 29 heavy (non-hydrogen) atoms.